The molecule has 5 heteroatoms. The lowest BCUT2D eigenvalue weighted by Crippen LogP contribution is -2.26. The highest BCUT2D eigenvalue weighted by atomic mass is 79.9. The monoisotopic (exact) mass is 349 g/mol. The molecule has 2 saturated carbocycles. The highest BCUT2D eigenvalue weighted by Gasteiger charge is 2.32. The molecule has 0 radical (unpaired) electrons. The summed E-state index contributed by atoms with van der Waals surface area (Å²) in [6.45, 7) is 0.968. The Hall–Kier alpha value is -0.940. The Bertz CT molecular complexity index is 606. The van der Waals surface area contributed by atoms with Gasteiger partial charge < -0.3 is 4.90 Å². The van der Waals surface area contributed by atoms with Crippen LogP contribution in [0.25, 0.3) is 0 Å². The van der Waals surface area contributed by atoms with E-state index in [0.717, 1.165) is 22.8 Å². The summed E-state index contributed by atoms with van der Waals surface area (Å²) in [7, 11) is 0. The molecule has 0 unspecified atom stereocenters. The molecule has 0 saturated heterocycles. The fourth-order valence-corrected chi connectivity index (χ4v) is 3.54. The highest BCUT2D eigenvalue weighted by molar-refractivity contribution is 9.10. The molecule has 2 aliphatic rings. The number of nitrogens with zero attached hydrogens (tertiary/aromatic N) is 3. The number of thiophene rings is 1. The summed E-state index contributed by atoms with van der Waals surface area (Å²) in [5.41, 5.74) is 0. The molecule has 0 atom stereocenters. The zero-order chi connectivity index (χ0) is 13.5. The second-order valence-electron chi connectivity index (χ2n) is 5.62. The van der Waals surface area contributed by atoms with Gasteiger partial charge in [0.25, 0.3) is 0 Å². The fraction of sp³-hybridized carbons (Fsp3) is 0.467. The zero-order valence-electron chi connectivity index (χ0n) is 11.1. The van der Waals surface area contributed by atoms with Crippen molar-refractivity contribution in [3.8, 4) is 0 Å². The van der Waals surface area contributed by atoms with Gasteiger partial charge >= 0.3 is 0 Å². The maximum absolute atomic E-state index is 4.83. The topological polar surface area (TPSA) is 29.0 Å². The van der Waals surface area contributed by atoms with Gasteiger partial charge in [0.05, 0.1) is 6.54 Å². The average molecular weight is 350 g/mol. The molecule has 0 bridgehead atoms. The summed E-state index contributed by atoms with van der Waals surface area (Å²) in [6.07, 6.45) is 5.05. The van der Waals surface area contributed by atoms with Crippen molar-refractivity contribution < 1.29 is 0 Å². The van der Waals surface area contributed by atoms with Gasteiger partial charge in [0.2, 0.25) is 0 Å². The molecule has 2 fully saturated rings. The molecule has 0 aromatic carbocycles. The van der Waals surface area contributed by atoms with E-state index in [0.29, 0.717) is 12.0 Å². The van der Waals surface area contributed by atoms with E-state index >= 15 is 0 Å². The lowest BCUT2D eigenvalue weighted by Gasteiger charge is -2.23. The molecule has 0 aliphatic heterocycles. The second-order valence-corrected chi connectivity index (χ2v) is 7.46. The zero-order valence-corrected chi connectivity index (χ0v) is 13.5. The third-order valence-electron chi connectivity index (χ3n) is 3.83. The van der Waals surface area contributed by atoms with Gasteiger partial charge in [-0.05, 0) is 53.1 Å². The van der Waals surface area contributed by atoms with Crippen molar-refractivity contribution in [2.75, 3.05) is 4.90 Å². The molecule has 2 aromatic rings. The fourth-order valence-electron chi connectivity index (χ4n) is 2.45. The highest BCUT2D eigenvalue weighted by Crippen LogP contribution is 2.40. The Morgan fingerprint density at radius 2 is 2.10 bits per heavy atom. The molecule has 0 spiro atoms. The van der Waals surface area contributed by atoms with Crippen LogP contribution in [0.4, 0.5) is 5.82 Å². The first kappa shape index (κ1) is 12.8. The molecule has 2 aromatic heterocycles. The van der Waals surface area contributed by atoms with Crippen molar-refractivity contribution >= 4 is 33.1 Å². The predicted octanol–water partition coefficient (Wildman–Crippen LogP) is 4.35. The first-order valence-corrected chi connectivity index (χ1v) is 8.80. The van der Waals surface area contributed by atoms with Gasteiger partial charge in [-0.25, -0.2) is 9.97 Å². The van der Waals surface area contributed by atoms with Crippen molar-refractivity contribution in [2.24, 2.45) is 0 Å². The Kier molecular flexibility index (Phi) is 3.27. The van der Waals surface area contributed by atoms with Gasteiger partial charge in [-0.3, -0.25) is 0 Å². The minimum atomic E-state index is 0.592. The molecule has 20 heavy (non-hydrogen) atoms. The van der Waals surface area contributed by atoms with E-state index < -0.39 is 0 Å². The third-order valence-corrected chi connectivity index (χ3v) is 5.10. The Morgan fingerprint density at radius 3 is 2.75 bits per heavy atom. The van der Waals surface area contributed by atoms with E-state index in [4.69, 9.17) is 4.98 Å². The van der Waals surface area contributed by atoms with E-state index in [-0.39, 0.29) is 0 Å². The van der Waals surface area contributed by atoms with Gasteiger partial charge in [0.15, 0.2) is 0 Å². The van der Waals surface area contributed by atoms with Crippen LogP contribution in [-0.4, -0.2) is 16.0 Å². The van der Waals surface area contributed by atoms with Crippen LogP contribution >= 0.6 is 27.3 Å². The maximum Gasteiger partial charge on any atom is 0.135 e. The summed E-state index contributed by atoms with van der Waals surface area (Å²) in [6, 6.07) is 7.05. The Balaban J connectivity index is 1.65. The standard InChI is InChI=1S/C15H16BrN3S/c16-13-8-14(18-15(17-13)10-3-4-10)19(11-5-6-11)9-12-2-1-7-20-12/h1-2,7-8,10-11H,3-6,9H2. The number of rotatable bonds is 5. The lowest BCUT2D eigenvalue weighted by molar-refractivity contribution is 0.769. The van der Waals surface area contributed by atoms with E-state index in [1.807, 2.05) is 11.3 Å². The number of anilines is 1. The first-order chi connectivity index (χ1) is 9.79. The predicted molar refractivity (Wildman–Crippen MR) is 85.2 cm³/mol. The summed E-state index contributed by atoms with van der Waals surface area (Å²) < 4.78 is 0.918. The lowest BCUT2D eigenvalue weighted by atomic mass is 10.3. The van der Waals surface area contributed by atoms with Crippen LogP contribution in [0.3, 0.4) is 0 Å². The van der Waals surface area contributed by atoms with Crippen LogP contribution in [0.15, 0.2) is 28.2 Å². The summed E-state index contributed by atoms with van der Waals surface area (Å²) >= 11 is 5.37. The van der Waals surface area contributed by atoms with E-state index in [2.05, 4.69) is 49.4 Å². The van der Waals surface area contributed by atoms with Crippen molar-refractivity contribution in [1.82, 2.24) is 9.97 Å². The van der Waals surface area contributed by atoms with E-state index in [9.17, 15) is 0 Å². The smallest absolute Gasteiger partial charge is 0.135 e. The average Bonchev–Trinajstić information content (AvgIpc) is 3.35. The van der Waals surface area contributed by atoms with E-state index in [1.54, 1.807) is 0 Å². The SMILES string of the molecule is Brc1cc(N(Cc2cccs2)C2CC2)nc(C2CC2)n1. The van der Waals surface area contributed by atoms with Crippen LogP contribution in [0.2, 0.25) is 0 Å². The second kappa shape index (κ2) is 5.11. The van der Waals surface area contributed by atoms with Crippen LogP contribution < -0.4 is 4.90 Å². The maximum atomic E-state index is 4.83. The van der Waals surface area contributed by atoms with Crippen molar-refractivity contribution in [2.45, 2.75) is 44.2 Å². The van der Waals surface area contributed by atoms with Crippen LogP contribution in [-0.2, 0) is 6.54 Å². The normalized spacial score (nSPS) is 18.2. The van der Waals surface area contributed by atoms with Gasteiger partial charge in [-0.2, -0.15) is 0 Å². The van der Waals surface area contributed by atoms with Crippen molar-refractivity contribution in [1.29, 1.82) is 0 Å². The van der Waals surface area contributed by atoms with Gasteiger partial charge in [-0.1, -0.05) is 6.07 Å². The van der Waals surface area contributed by atoms with Crippen LogP contribution in [0, 0.1) is 0 Å². The number of aromatic nitrogens is 2. The quantitative estimate of drug-likeness (QED) is 0.751. The molecule has 2 aliphatic carbocycles. The molecular weight excluding hydrogens is 334 g/mol. The molecule has 0 amide bonds. The van der Waals surface area contributed by atoms with Gasteiger partial charge in [0.1, 0.15) is 16.2 Å². The summed E-state index contributed by atoms with van der Waals surface area (Å²) in [5.74, 6) is 2.70. The number of hydrogen-bond donors (Lipinski definition) is 0. The van der Waals surface area contributed by atoms with Gasteiger partial charge in [-0.15, -0.1) is 11.3 Å². The molecule has 0 N–H and O–H groups in total. The molecule has 2 heterocycles. The number of hydrogen-bond acceptors (Lipinski definition) is 4. The minimum absolute atomic E-state index is 0.592. The van der Waals surface area contributed by atoms with Crippen molar-refractivity contribution in [3.63, 3.8) is 0 Å². The third kappa shape index (κ3) is 2.74. The summed E-state index contributed by atoms with van der Waals surface area (Å²) in [4.78, 5) is 13.2. The van der Waals surface area contributed by atoms with Crippen molar-refractivity contribution in [3.05, 3.63) is 38.9 Å². The summed E-state index contributed by atoms with van der Waals surface area (Å²) in [5, 5.41) is 2.14. The molecule has 4 rings (SSSR count). The van der Waals surface area contributed by atoms with Crippen LogP contribution in [0.5, 0.6) is 0 Å². The first-order valence-electron chi connectivity index (χ1n) is 7.13. The Labute approximate surface area is 131 Å². The Morgan fingerprint density at radius 1 is 1.25 bits per heavy atom. The van der Waals surface area contributed by atoms with Crippen LogP contribution in [0.1, 0.15) is 42.3 Å². The molecule has 3 nitrogen and oxygen atoms in total. The largest absolute Gasteiger partial charge is 0.348 e. The number of halogens is 1. The van der Waals surface area contributed by atoms with Gasteiger partial charge in [0, 0.05) is 22.9 Å². The molecule has 104 valence electrons. The van der Waals surface area contributed by atoms with E-state index in [1.165, 1.54) is 30.6 Å². The molecular formula is C15H16BrN3S. The minimum Gasteiger partial charge on any atom is -0.348 e.